The number of nitrogens with one attached hydrogen (secondary N) is 1. The van der Waals surface area contributed by atoms with Crippen LogP contribution in [-0.4, -0.2) is 22.6 Å². The van der Waals surface area contributed by atoms with Crippen molar-refractivity contribution < 1.29 is 9.53 Å². The highest BCUT2D eigenvalue weighted by atomic mass is 79.9. The Kier molecular flexibility index (Phi) is 4.74. The van der Waals surface area contributed by atoms with Gasteiger partial charge in [-0.2, -0.15) is 0 Å². The molecule has 1 aromatic carbocycles. The van der Waals surface area contributed by atoms with E-state index in [2.05, 4.69) is 26.2 Å². The van der Waals surface area contributed by atoms with Crippen LogP contribution in [-0.2, 0) is 11.3 Å². The molecular formula is C14H14BrN3O3. The summed E-state index contributed by atoms with van der Waals surface area (Å²) in [5.74, 6) is 0.223. The smallest absolute Gasteiger partial charge is 0.268 e. The molecule has 0 spiro atoms. The van der Waals surface area contributed by atoms with Crippen molar-refractivity contribution in [3.63, 3.8) is 0 Å². The van der Waals surface area contributed by atoms with E-state index in [9.17, 15) is 9.59 Å². The highest BCUT2D eigenvalue weighted by Crippen LogP contribution is 2.22. The van der Waals surface area contributed by atoms with Crippen LogP contribution >= 0.6 is 15.9 Å². The summed E-state index contributed by atoms with van der Waals surface area (Å²) in [4.78, 5) is 28.0. The molecule has 1 heterocycles. The first-order valence-electron chi connectivity index (χ1n) is 6.17. The zero-order chi connectivity index (χ0) is 15.4. The van der Waals surface area contributed by atoms with Gasteiger partial charge in [0.05, 0.1) is 24.8 Å². The molecule has 6 nitrogen and oxygen atoms in total. The predicted octanol–water partition coefficient (Wildman–Crippen LogP) is 1.96. The third-order valence-corrected chi connectivity index (χ3v) is 3.77. The van der Waals surface area contributed by atoms with Gasteiger partial charge in [0.25, 0.3) is 5.56 Å². The molecule has 0 aliphatic carbocycles. The molecule has 0 aliphatic heterocycles. The van der Waals surface area contributed by atoms with Gasteiger partial charge in [0.1, 0.15) is 16.8 Å². The van der Waals surface area contributed by atoms with Gasteiger partial charge < -0.3 is 10.1 Å². The fraction of sp³-hybridized carbons (Fsp3) is 0.214. The van der Waals surface area contributed by atoms with Gasteiger partial charge in [-0.1, -0.05) is 12.1 Å². The molecule has 0 fully saturated rings. The molecule has 0 aliphatic rings. The number of hydrogen-bond donors (Lipinski definition) is 1. The van der Waals surface area contributed by atoms with Crippen LogP contribution in [0.15, 0.2) is 39.9 Å². The van der Waals surface area contributed by atoms with Crippen molar-refractivity contribution in [2.24, 2.45) is 0 Å². The van der Waals surface area contributed by atoms with E-state index in [0.717, 1.165) is 0 Å². The highest BCUT2D eigenvalue weighted by molar-refractivity contribution is 9.10. The van der Waals surface area contributed by atoms with E-state index in [0.29, 0.717) is 21.6 Å². The van der Waals surface area contributed by atoms with Gasteiger partial charge in [0, 0.05) is 0 Å². The summed E-state index contributed by atoms with van der Waals surface area (Å²) in [7, 11) is 1.52. The molecule has 110 valence electrons. The lowest BCUT2D eigenvalue weighted by atomic mass is 10.3. The van der Waals surface area contributed by atoms with Crippen LogP contribution in [0.25, 0.3) is 0 Å². The molecule has 2 aromatic rings. The summed E-state index contributed by atoms with van der Waals surface area (Å²) >= 11 is 3.16. The second-order valence-electron chi connectivity index (χ2n) is 4.33. The molecule has 0 unspecified atom stereocenters. The highest BCUT2D eigenvalue weighted by Gasteiger charge is 2.11. The summed E-state index contributed by atoms with van der Waals surface area (Å²) < 4.78 is 6.75. The van der Waals surface area contributed by atoms with E-state index in [1.165, 1.54) is 18.0 Å². The monoisotopic (exact) mass is 351 g/mol. The van der Waals surface area contributed by atoms with Gasteiger partial charge in [-0.25, -0.2) is 4.98 Å². The SMILES string of the molecule is COc1ccccc1NC(=O)Cn1cnc(C)c(Br)c1=O. The molecular weight excluding hydrogens is 338 g/mol. The summed E-state index contributed by atoms with van der Waals surface area (Å²) in [6.07, 6.45) is 1.35. The Bertz CT molecular complexity index is 728. The van der Waals surface area contributed by atoms with E-state index in [1.54, 1.807) is 31.2 Å². The molecule has 1 aromatic heterocycles. The fourth-order valence-corrected chi connectivity index (χ4v) is 2.08. The van der Waals surface area contributed by atoms with Crippen LogP contribution < -0.4 is 15.6 Å². The van der Waals surface area contributed by atoms with Crippen LogP contribution in [0.3, 0.4) is 0 Å². The molecule has 0 radical (unpaired) electrons. The number of carbonyl (C=O) groups excluding carboxylic acids is 1. The van der Waals surface area contributed by atoms with E-state index in [1.807, 2.05) is 0 Å². The maximum Gasteiger partial charge on any atom is 0.268 e. The van der Waals surface area contributed by atoms with Crippen molar-refractivity contribution in [1.82, 2.24) is 9.55 Å². The predicted molar refractivity (Wildman–Crippen MR) is 82.6 cm³/mol. The average molecular weight is 352 g/mol. The molecule has 0 atom stereocenters. The number of anilines is 1. The second kappa shape index (κ2) is 6.53. The Hall–Kier alpha value is -2.15. The standard InChI is InChI=1S/C14H14BrN3O3/c1-9-13(15)14(20)18(8-16-9)7-12(19)17-10-5-3-4-6-11(10)21-2/h3-6,8H,7H2,1-2H3,(H,17,19). The number of ether oxygens (including phenoxy) is 1. The quantitative estimate of drug-likeness (QED) is 0.913. The minimum absolute atomic E-state index is 0.122. The number of aromatic nitrogens is 2. The van der Waals surface area contributed by atoms with Crippen molar-refractivity contribution in [2.45, 2.75) is 13.5 Å². The summed E-state index contributed by atoms with van der Waals surface area (Å²) in [5.41, 5.74) is 0.844. The molecule has 0 saturated heterocycles. The molecule has 21 heavy (non-hydrogen) atoms. The number of rotatable bonds is 4. The van der Waals surface area contributed by atoms with Gasteiger partial charge in [0.15, 0.2) is 0 Å². The maximum absolute atomic E-state index is 12.0. The summed E-state index contributed by atoms with van der Waals surface area (Å²) in [6, 6.07) is 7.06. The van der Waals surface area contributed by atoms with Crippen LogP contribution in [0.5, 0.6) is 5.75 Å². The minimum atomic E-state index is -0.334. The van der Waals surface area contributed by atoms with E-state index < -0.39 is 0 Å². The number of methoxy groups -OCH3 is 1. The van der Waals surface area contributed by atoms with Crippen LogP contribution in [0.2, 0.25) is 0 Å². The number of benzene rings is 1. The number of para-hydroxylation sites is 2. The lowest BCUT2D eigenvalue weighted by Gasteiger charge is -2.11. The van der Waals surface area contributed by atoms with Crippen LogP contribution in [0.1, 0.15) is 5.69 Å². The largest absolute Gasteiger partial charge is 0.495 e. The minimum Gasteiger partial charge on any atom is -0.495 e. The Morgan fingerprint density at radius 3 is 2.86 bits per heavy atom. The van der Waals surface area contributed by atoms with E-state index in [4.69, 9.17) is 4.74 Å². The number of aryl methyl sites for hydroxylation is 1. The van der Waals surface area contributed by atoms with Gasteiger partial charge in [0.2, 0.25) is 5.91 Å². The summed E-state index contributed by atoms with van der Waals surface area (Å²) in [5, 5.41) is 2.70. The number of halogens is 1. The van der Waals surface area contributed by atoms with Crippen molar-refractivity contribution >= 4 is 27.5 Å². The second-order valence-corrected chi connectivity index (χ2v) is 5.12. The van der Waals surface area contributed by atoms with E-state index in [-0.39, 0.29) is 18.0 Å². The van der Waals surface area contributed by atoms with Gasteiger partial charge >= 0.3 is 0 Å². The van der Waals surface area contributed by atoms with E-state index >= 15 is 0 Å². The molecule has 2 rings (SSSR count). The molecule has 1 N–H and O–H groups in total. The third-order valence-electron chi connectivity index (χ3n) is 2.85. The Balaban J connectivity index is 2.16. The number of carbonyl (C=O) groups is 1. The molecule has 7 heteroatoms. The van der Waals surface area contributed by atoms with Gasteiger partial charge in [-0.15, -0.1) is 0 Å². The lowest BCUT2D eigenvalue weighted by molar-refractivity contribution is -0.116. The number of nitrogens with zero attached hydrogens (tertiary/aromatic N) is 2. The Morgan fingerprint density at radius 1 is 1.43 bits per heavy atom. The number of hydrogen-bond acceptors (Lipinski definition) is 4. The zero-order valence-electron chi connectivity index (χ0n) is 11.6. The van der Waals surface area contributed by atoms with Crippen LogP contribution in [0.4, 0.5) is 5.69 Å². The first-order valence-corrected chi connectivity index (χ1v) is 6.96. The Morgan fingerprint density at radius 2 is 2.14 bits per heavy atom. The lowest BCUT2D eigenvalue weighted by Crippen LogP contribution is -2.28. The maximum atomic E-state index is 12.0. The van der Waals surface area contributed by atoms with Crippen molar-refractivity contribution in [2.75, 3.05) is 12.4 Å². The Labute approximate surface area is 129 Å². The van der Waals surface area contributed by atoms with Gasteiger partial charge in [-0.3, -0.25) is 14.2 Å². The first kappa shape index (κ1) is 15.2. The third kappa shape index (κ3) is 3.49. The summed E-state index contributed by atoms with van der Waals surface area (Å²) in [6.45, 7) is 1.59. The van der Waals surface area contributed by atoms with Gasteiger partial charge in [-0.05, 0) is 35.0 Å². The first-order chi connectivity index (χ1) is 10.0. The zero-order valence-corrected chi connectivity index (χ0v) is 13.2. The van der Waals surface area contributed by atoms with Crippen LogP contribution in [0, 0.1) is 6.92 Å². The fourth-order valence-electron chi connectivity index (χ4n) is 1.75. The topological polar surface area (TPSA) is 73.2 Å². The molecule has 0 bridgehead atoms. The van der Waals surface area contributed by atoms with Crippen molar-refractivity contribution in [3.8, 4) is 5.75 Å². The average Bonchev–Trinajstić information content (AvgIpc) is 2.48. The molecule has 1 amide bonds. The van der Waals surface area contributed by atoms with Crippen molar-refractivity contribution in [1.29, 1.82) is 0 Å². The molecule has 0 saturated carbocycles. The normalized spacial score (nSPS) is 10.2. The van der Waals surface area contributed by atoms with Crippen molar-refractivity contribution in [3.05, 3.63) is 51.1 Å². The number of amides is 1.